The molecule has 7 nitrogen and oxygen atoms in total. The van der Waals surface area contributed by atoms with Crippen molar-refractivity contribution in [3.8, 4) is 0 Å². The highest BCUT2D eigenvalue weighted by Crippen LogP contribution is 2.11. The first kappa shape index (κ1) is 14.6. The maximum absolute atomic E-state index is 11.2. The third-order valence-electron chi connectivity index (χ3n) is 2.14. The summed E-state index contributed by atoms with van der Waals surface area (Å²) in [6.45, 7) is 2.97. The monoisotopic (exact) mass is 259 g/mol. The van der Waals surface area contributed by atoms with E-state index in [0.717, 1.165) is 6.42 Å². The third kappa shape index (κ3) is 4.80. The first-order valence-electron chi connectivity index (χ1n) is 5.87. The van der Waals surface area contributed by atoms with Gasteiger partial charge in [0.25, 0.3) is 11.8 Å². The highest BCUT2D eigenvalue weighted by molar-refractivity contribution is 6.01. The molecule has 1 heterocycles. The van der Waals surface area contributed by atoms with Crippen LogP contribution in [0.25, 0.3) is 0 Å². The fraction of sp³-hybridized carbons (Fsp3) is 0.727. The van der Waals surface area contributed by atoms with E-state index in [1.54, 1.807) is 0 Å². The van der Waals surface area contributed by atoms with E-state index >= 15 is 0 Å². The molecule has 0 saturated carbocycles. The summed E-state index contributed by atoms with van der Waals surface area (Å²) in [5, 5.41) is 0.499. The number of carbonyl (C=O) groups excluding carboxylic acids is 3. The third-order valence-corrected chi connectivity index (χ3v) is 2.14. The molecule has 18 heavy (non-hydrogen) atoms. The van der Waals surface area contributed by atoms with Crippen LogP contribution in [-0.4, -0.2) is 49.3 Å². The number of amides is 2. The molecule has 0 unspecified atom stereocenters. The minimum absolute atomic E-state index is 0.0812. The number of ether oxygens (including phenoxy) is 2. The lowest BCUT2D eigenvalue weighted by molar-refractivity contribution is -0.200. The Morgan fingerprint density at radius 2 is 1.72 bits per heavy atom. The minimum Gasteiger partial charge on any atom is -0.379 e. The van der Waals surface area contributed by atoms with Crippen molar-refractivity contribution < 1.29 is 28.7 Å². The van der Waals surface area contributed by atoms with Crippen LogP contribution in [0.4, 0.5) is 0 Å². The Balaban J connectivity index is 2.10. The normalized spacial score (nSPS) is 15.3. The summed E-state index contributed by atoms with van der Waals surface area (Å²) in [5.74, 6) is -1.77. The zero-order valence-corrected chi connectivity index (χ0v) is 10.3. The van der Waals surface area contributed by atoms with Crippen LogP contribution >= 0.6 is 0 Å². The van der Waals surface area contributed by atoms with Gasteiger partial charge in [-0.25, -0.2) is 4.79 Å². The van der Waals surface area contributed by atoms with Gasteiger partial charge < -0.3 is 14.3 Å². The topological polar surface area (TPSA) is 82.1 Å². The first-order valence-corrected chi connectivity index (χ1v) is 5.87. The smallest absolute Gasteiger partial charge is 0.358 e. The summed E-state index contributed by atoms with van der Waals surface area (Å²) in [7, 11) is 0. The predicted molar refractivity (Wildman–Crippen MR) is 59.1 cm³/mol. The Kier molecular flexibility index (Phi) is 6.31. The molecular weight excluding hydrogens is 242 g/mol. The second kappa shape index (κ2) is 7.78. The van der Waals surface area contributed by atoms with Crippen LogP contribution in [0, 0.1) is 0 Å². The average Bonchev–Trinajstić information content (AvgIpc) is 2.65. The number of imide groups is 1. The maximum atomic E-state index is 11.2. The van der Waals surface area contributed by atoms with Crippen molar-refractivity contribution in [3.05, 3.63) is 0 Å². The van der Waals surface area contributed by atoms with Crippen molar-refractivity contribution in [2.24, 2.45) is 0 Å². The largest absolute Gasteiger partial charge is 0.379 e. The summed E-state index contributed by atoms with van der Waals surface area (Å²) < 4.78 is 10.1. The molecule has 0 aliphatic carbocycles. The van der Waals surface area contributed by atoms with Crippen molar-refractivity contribution in [2.45, 2.75) is 26.2 Å². The molecule has 1 saturated heterocycles. The van der Waals surface area contributed by atoms with E-state index in [1.807, 2.05) is 6.92 Å². The molecule has 0 bridgehead atoms. The maximum Gasteiger partial charge on any atom is 0.358 e. The molecule has 1 fully saturated rings. The van der Waals surface area contributed by atoms with Gasteiger partial charge in [-0.2, -0.15) is 0 Å². The van der Waals surface area contributed by atoms with Gasteiger partial charge in [0, 0.05) is 19.4 Å². The van der Waals surface area contributed by atoms with Crippen molar-refractivity contribution in [3.63, 3.8) is 0 Å². The molecule has 1 aliphatic heterocycles. The number of hydrogen-bond acceptors (Lipinski definition) is 6. The van der Waals surface area contributed by atoms with Crippen molar-refractivity contribution >= 4 is 17.8 Å². The van der Waals surface area contributed by atoms with E-state index < -0.39 is 17.8 Å². The molecular formula is C11H17NO6. The van der Waals surface area contributed by atoms with Gasteiger partial charge in [0.1, 0.15) is 6.61 Å². The van der Waals surface area contributed by atoms with Gasteiger partial charge in [0.05, 0.1) is 13.2 Å². The van der Waals surface area contributed by atoms with Crippen LogP contribution in [0.15, 0.2) is 0 Å². The summed E-state index contributed by atoms with van der Waals surface area (Å²) >= 11 is 0. The van der Waals surface area contributed by atoms with Gasteiger partial charge in [-0.15, -0.1) is 5.06 Å². The molecule has 0 spiro atoms. The van der Waals surface area contributed by atoms with E-state index in [0.29, 0.717) is 18.3 Å². The van der Waals surface area contributed by atoms with E-state index in [2.05, 4.69) is 4.84 Å². The minimum atomic E-state index is -0.769. The first-order chi connectivity index (χ1) is 8.65. The van der Waals surface area contributed by atoms with E-state index in [4.69, 9.17) is 9.47 Å². The Morgan fingerprint density at radius 1 is 1.11 bits per heavy atom. The molecule has 0 aromatic heterocycles. The van der Waals surface area contributed by atoms with Gasteiger partial charge in [-0.1, -0.05) is 6.92 Å². The highest BCUT2D eigenvalue weighted by Gasteiger charge is 2.32. The van der Waals surface area contributed by atoms with Gasteiger partial charge in [-0.3, -0.25) is 9.59 Å². The quantitative estimate of drug-likeness (QED) is 0.452. The molecule has 1 aliphatic rings. The molecule has 102 valence electrons. The standard InChI is InChI=1S/C11H17NO6/c1-2-5-16-6-7-17-8-11(15)18-12-9(13)3-4-10(12)14/h2-8H2,1H3. The van der Waals surface area contributed by atoms with Crippen LogP contribution in [-0.2, 0) is 28.7 Å². The zero-order valence-electron chi connectivity index (χ0n) is 10.3. The molecule has 0 aromatic rings. The Labute approximate surface area is 105 Å². The molecule has 2 amide bonds. The van der Waals surface area contributed by atoms with Crippen molar-refractivity contribution in [1.29, 1.82) is 0 Å². The van der Waals surface area contributed by atoms with Gasteiger partial charge in [-0.05, 0) is 6.42 Å². The van der Waals surface area contributed by atoms with Crippen LogP contribution in [0.3, 0.4) is 0 Å². The molecule has 7 heteroatoms. The Hall–Kier alpha value is -1.47. The molecule has 1 rings (SSSR count). The zero-order chi connectivity index (χ0) is 13.4. The summed E-state index contributed by atoms with van der Waals surface area (Å²) in [5.41, 5.74) is 0. The van der Waals surface area contributed by atoms with Crippen molar-refractivity contribution in [2.75, 3.05) is 26.4 Å². The lowest BCUT2D eigenvalue weighted by Crippen LogP contribution is -2.33. The van der Waals surface area contributed by atoms with Crippen LogP contribution in [0.1, 0.15) is 26.2 Å². The molecule has 0 radical (unpaired) electrons. The lowest BCUT2D eigenvalue weighted by Gasteiger charge is -2.12. The van der Waals surface area contributed by atoms with Crippen LogP contribution < -0.4 is 0 Å². The number of carbonyl (C=O) groups is 3. The summed E-state index contributed by atoms with van der Waals surface area (Å²) in [6, 6.07) is 0. The predicted octanol–water partition coefficient (Wildman–Crippen LogP) is 0.0368. The average molecular weight is 259 g/mol. The fourth-order valence-corrected chi connectivity index (χ4v) is 1.31. The number of hydrogen-bond donors (Lipinski definition) is 0. The van der Waals surface area contributed by atoms with Gasteiger partial charge >= 0.3 is 5.97 Å². The van der Waals surface area contributed by atoms with Crippen LogP contribution in [0.2, 0.25) is 0 Å². The second-order valence-electron chi connectivity index (χ2n) is 3.71. The Morgan fingerprint density at radius 3 is 2.33 bits per heavy atom. The van der Waals surface area contributed by atoms with E-state index in [-0.39, 0.29) is 26.1 Å². The fourth-order valence-electron chi connectivity index (χ4n) is 1.31. The van der Waals surface area contributed by atoms with E-state index in [9.17, 15) is 14.4 Å². The lowest BCUT2D eigenvalue weighted by atomic mass is 10.4. The van der Waals surface area contributed by atoms with Crippen molar-refractivity contribution in [1.82, 2.24) is 5.06 Å². The number of hydroxylamine groups is 2. The second-order valence-corrected chi connectivity index (χ2v) is 3.71. The van der Waals surface area contributed by atoms with Crippen LogP contribution in [0.5, 0.6) is 0 Å². The Bertz CT molecular complexity index is 301. The summed E-state index contributed by atoms with van der Waals surface area (Å²) in [4.78, 5) is 38.1. The number of nitrogens with zero attached hydrogens (tertiary/aromatic N) is 1. The SMILES string of the molecule is CCCOCCOCC(=O)ON1C(=O)CCC1=O. The summed E-state index contributed by atoms with van der Waals surface area (Å²) in [6.07, 6.45) is 1.08. The van der Waals surface area contributed by atoms with Gasteiger partial charge in [0.15, 0.2) is 0 Å². The van der Waals surface area contributed by atoms with E-state index in [1.165, 1.54) is 0 Å². The highest BCUT2D eigenvalue weighted by atomic mass is 16.7. The molecule has 0 N–H and O–H groups in total. The molecule has 0 atom stereocenters. The number of rotatable bonds is 8. The molecule has 0 aromatic carbocycles. The van der Waals surface area contributed by atoms with Gasteiger partial charge in [0.2, 0.25) is 0 Å².